The number of carboxylic acids is 1. The van der Waals surface area contributed by atoms with Crippen molar-refractivity contribution >= 4 is 45.9 Å². The van der Waals surface area contributed by atoms with Crippen molar-refractivity contribution in [1.29, 1.82) is 0 Å². The van der Waals surface area contributed by atoms with Gasteiger partial charge in [-0.05, 0) is 34.6 Å². The Labute approximate surface area is 168 Å². The molecular weight excluding hydrogens is 382 g/mol. The highest BCUT2D eigenvalue weighted by Crippen LogP contribution is 2.41. The van der Waals surface area contributed by atoms with Crippen molar-refractivity contribution in [1.82, 2.24) is 0 Å². The van der Waals surface area contributed by atoms with E-state index in [0.717, 1.165) is 28.5 Å². The van der Waals surface area contributed by atoms with Crippen LogP contribution in [0.2, 0.25) is 0 Å². The van der Waals surface area contributed by atoms with Crippen molar-refractivity contribution in [3.63, 3.8) is 0 Å². The molecule has 1 aromatic rings. The molecule has 1 amide bonds. The third-order valence-electron chi connectivity index (χ3n) is 3.97. The van der Waals surface area contributed by atoms with Gasteiger partial charge in [0, 0.05) is 11.1 Å². The van der Waals surface area contributed by atoms with Crippen LogP contribution in [0.4, 0.5) is 0 Å². The fraction of sp³-hybridized carbons (Fsp3) is 0.450. The molecule has 7 heteroatoms. The topological polar surface area (TPSA) is 87.0 Å². The molecule has 0 aliphatic carbocycles. The highest BCUT2D eigenvalue weighted by Gasteiger charge is 2.27. The minimum absolute atomic E-state index is 0.131. The van der Waals surface area contributed by atoms with Crippen LogP contribution < -0.4 is 0 Å². The molecule has 0 fully saturated rings. The second kappa shape index (κ2) is 7.72. The number of carboxylic acid groups (broad SMARTS) is 1. The summed E-state index contributed by atoms with van der Waals surface area (Å²) in [6.45, 7) is 12.2. The summed E-state index contributed by atoms with van der Waals surface area (Å²) in [5.41, 5.74) is 1.94. The van der Waals surface area contributed by atoms with Gasteiger partial charge in [0.25, 0.3) is 5.91 Å². The summed E-state index contributed by atoms with van der Waals surface area (Å²) in [4.78, 5) is 27.2. The first-order valence-corrected chi connectivity index (χ1v) is 10.3. The molecule has 1 aromatic carbocycles. The molecule has 0 atom stereocenters. The molecule has 0 spiro atoms. The van der Waals surface area contributed by atoms with Gasteiger partial charge in [0.2, 0.25) is 0 Å². The second-order valence-corrected chi connectivity index (χ2v) is 10.7. The van der Waals surface area contributed by atoms with Gasteiger partial charge >= 0.3 is 5.97 Å². The number of benzene rings is 1. The first kappa shape index (κ1) is 21.6. The Morgan fingerprint density at radius 1 is 1.15 bits per heavy atom. The zero-order chi connectivity index (χ0) is 20.6. The van der Waals surface area contributed by atoms with Crippen molar-refractivity contribution in [3.05, 3.63) is 33.7 Å². The standard InChI is InChI=1S/C20H25NO4S2/c1-19(2,3)12-7-11(8-13(16(12)24)20(4,5)6)9-14-17(25)21-18(27-14)26-10-15(22)23/h7-9,24H,10H2,1-6H3,(H,22,23). The molecule has 1 aliphatic heterocycles. The fourth-order valence-corrected chi connectivity index (χ4v) is 4.33. The van der Waals surface area contributed by atoms with Crippen LogP contribution in [-0.2, 0) is 20.4 Å². The van der Waals surface area contributed by atoms with Gasteiger partial charge in [-0.3, -0.25) is 9.59 Å². The molecule has 146 valence electrons. The van der Waals surface area contributed by atoms with Gasteiger partial charge in [0.1, 0.15) is 10.1 Å². The fourth-order valence-electron chi connectivity index (χ4n) is 2.61. The summed E-state index contributed by atoms with van der Waals surface area (Å²) in [7, 11) is 0. The number of rotatable bonds is 3. The lowest BCUT2D eigenvalue weighted by Crippen LogP contribution is -2.17. The minimum Gasteiger partial charge on any atom is -0.507 e. The molecule has 27 heavy (non-hydrogen) atoms. The number of aliphatic carboxylic acids is 1. The maximum atomic E-state index is 12.2. The number of carbonyl (C=O) groups excluding carboxylic acids is 1. The summed E-state index contributed by atoms with van der Waals surface area (Å²) in [5, 5.41) is 19.6. The van der Waals surface area contributed by atoms with Gasteiger partial charge in [-0.15, -0.1) is 0 Å². The van der Waals surface area contributed by atoms with Gasteiger partial charge in [-0.1, -0.05) is 65.1 Å². The number of thioether (sulfide) groups is 2. The average Bonchev–Trinajstić information content (AvgIpc) is 2.84. The summed E-state index contributed by atoms with van der Waals surface area (Å²) < 4.78 is 0.444. The van der Waals surface area contributed by atoms with Gasteiger partial charge in [-0.25, -0.2) is 0 Å². The zero-order valence-corrected chi connectivity index (χ0v) is 18.0. The van der Waals surface area contributed by atoms with E-state index in [4.69, 9.17) is 5.11 Å². The molecule has 0 radical (unpaired) electrons. The van der Waals surface area contributed by atoms with Crippen LogP contribution in [0.1, 0.15) is 58.2 Å². The van der Waals surface area contributed by atoms with Gasteiger partial charge in [-0.2, -0.15) is 4.99 Å². The molecule has 0 saturated heterocycles. The molecular formula is C20H25NO4S2. The zero-order valence-electron chi connectivity index (χ0n) is 16.4. The molecule has 0 bridgehead atoms. The van der Waals surface area contributed by atoms with Crippen LogP contribution in [0.25, 0.3) is 6.08 Å². The van der Waals surface area contributed by atoms with Crippen LogP contribution in [0, 0.1) is 0 Å². The van der Waals surface area contributed by atoms with Crippen LogP contribution in [-0.4, -0.2) is 32.2 Å². The molecule has 0 aromatic heterocycles. The van der Waals surface area contributed by atoms with Gasteiger partial charge in [0.15, 0.2) is 0 Å². The Balaban J connectivity index is 2.43. The van der Waals surface area contributed by atoms with E-state index in [1.807, 2.05) is 53.7 Å². The summed E-state index contributed by atoms with van der Waals surface area (Å²) in [6.07, 6.45) is 1.76. The lowest BCUT2D eigenvalue weighted by atomic mass is 9.78. The average molecular weight is 408 g/mol. The largest absolute Gasteiger partial charge is 0.507 e. The summed E-state index contributed by atoms with van der Waals surface area (Å²) in [5.74, 6) is -1.16. The summed E-state index contributed by atoms with van der Waals surface area (Å²) >= 11 is 2.22. The number of aliphatic imine (C=N–C) groups is 1. The number of phenols is 1. The molecule has 2 rings (SSSR count). The highest BCUT2D eigenvalue weighted by atomic mass is 32.2. The van der Waals surface area contributed by atoms with Crippen LogP contribution in [0.5, 0.6) is 5.75 Å². The smallest absolute Gasteiger partial charge is 0.313 e. The Morgan fingerprint density at radius 3 is 2.11 bits per heavy atom. The Morgan fingerprint density at radius 2 is 1.67 bits per heavy atom. The van der Waals surface area contributed by atoms with E-state index in [1.54, 1.807) is 6.08 Å². The first-order valence-electron chi connectivity index (χ1n) is 8.54. The van der Waals surface area contributed by atoms with Gasteiger partial charge < -0.3 is 10.2 Å². The van der Waals surface area contributed by atoms with E-state index in [-0.39, 0.29) is 28.2 Å². The monoisotopic (exact) mass is 407 g/mol. The van der Waals surface area contributed by atoms with Gasteiger partial charge in [0.05, 0.1) is 10.7 Å². The maximum Gasteiger partial charge on any atom is 0.313 e. The lowest BCUT2D eigenvalue weighted by molar-refractivity contribution is -0.133. The lowest BCUT2D eigenvalue weighted by Gasteiger charge is -2.28. The van der Waals surface area contributed by atoms with Crippen molar-refractivity contribution < 1.29 is 19.8 Å². The second-order valence-electron chi connectivity index (χ2n) is 8.44. The number of phenolic OH excluding ortho intramolecular Hbond substituents is 1. The maximum absolute atomic E-state index is 12.2. The van der Waals surface area contributed by atoms with Crippen LogP contribution in [0.15, 0.2) is 22.0 Å². The molecule has 2 N–H and O–H groups in total. The van der Waals surface area contributed by atoms with E-state index in [9.17, 15) is 14.7 Å². The number of carbonyl (C=O) groups is 2. The Hall–Kier alpha value is -1.73. The third kappa shape index (κ3) is 5.39. The predicted octanol–water partition coefficient (Wildman–Crippen LogP) is 4.78. The van der Waals surface area contributed by atoms with Crippen molar-refractivity contribution in [2.45, 2.75) is 52.4 Å². The summed E-state index contributed by atoms with van der Waals surface area (Å²) in [6, 6.07) is 3.79. The molecule has 1 aliphatic rings. The molecule has 0 unspecified atom stereocenters. The molecule has 5 nitrogen and oxygen atoms in total. The van der Waals surface area contributed by atoms with E-state index in [1.165, 1.54) is 11.8 Å². The molecule has 1 heterocycles. The van der Waals surface area contributed by atoms with E-state index < -0.39 is 5.97 Å². The Kier molecular flexibility index (Phi) is 6.16. The normalized spacial score (nSPS) is 16.7. The van der Waals surface area contributed by atoms with Crippen molar-refractivity contribution in [3.8, 4) is 5.75 Å². The van der Waals surface area contributed by atoms with Crippen molar-refractivity contribution in [2.75, 3.05) is 5.75 Å². The SMILES string of the molecule is CC(C)(C)c1cc(C=C2SC(SCC(=O)O)=NC2=O)cc(C(C)(C)C)c1O. The number of hydrogen-bond donors (Lipinski definition) is 2. The van der Waals surface area contributed by atoms with Crippen LogP contribution >= 0.6 is 23.5 Å². The highest BCUT2D eigenvalue weighted by molar-refractivity contribution is 8.41. The van der Waals surface area contributed by atoms with Crippen molar-refractivity contribution in [2.24, 2.45) is 4.99 Å². The minimum atomic E-state index is -0.948. The predicted molar refractivity (Wildman–Crippen MR) is 114 cm³/mol. The number of nitrogens with zero attached hydrogens (tertiary/aromatic N) is 1. The van der Waals surface area contributed by atoms with E-state index in [2.05, 4.69) is 4.99 Å². The van der Waals surface area contributed by atoms with E-state index in [0.29, 0.717) is 9.28 Å². The first-order chi connectivity index (χ1) is 12.3. The van der Waals surface area contributed by atoms with Crippen LogP contribution in [0.3, 0.4) is 0 Å². The number of hydrogen-bond acceptors (Lipinski definition) is 5. The third-order valence-corrected chi connectivity index (χ3v) is 6.08. The van der Waals surface area contributed by atoms with E-state index >= 15 is 0 Å². The number of amides is 1. The number of aromatic hydroxyl groups is 1. The molecule has 0 saturated carbocycles. The quantitative estimate of drug-likeness (QED) is 0.702. The Bertz CT molecular complexity index is 808.